The van der Waals surface area contributed by atoms with Gasteiger partial charge in [0, 0.05) is 29.9 Å². The molecule has 0 bridgehead atoms. The summed E-state index contributed by atoms with van der Waals surface area (Å²) in [5, 5.41) is 3.50. The van der Waals surface area contributed by atoms with Crippen LogP contribution in [-0.4, -0.2) is 31.9 Å². The predicted molar refractivity (Wildman–Crippen MR) is 105 cm³/mol. The van der Waals surface area contributed by atoms with Crippen molar-refractivity contribution in [1.29, 1.82) is 0 Å². The maximum atomic E-state index is 14.4. The molecule has 2 heterocycles. The number of rotatable bonds is 4. The highest BCUT2D eigenvalue weighted by atomic mass is 32.2. The third-order valence-corrected chi connectivity index (χ3v) is 6.32. The predicted octanol–water partition coefficient (Wildman–Crippen LogP) is 5.03. The molecule has 0 aliphatic carbocycles. The summed E-state index contributed by atoms with van der Waals surface area (Å²) in [6.07, 6.45) is 4.24. The van der Waals surface area contributed by atoms with Gasteiger partial charge in [-0.2, -0.15) is 0 Å². The minimum Gasteiger partial charge on any atom is -0.367 e. The van der Waals surface area contributed by atoms with Crippen molar-refractivity contribution >= 4 is 17.4 Å². The Labute approximate surface area is 158 Å². The largest absolute Gasteiger partial charge is 0.367 e. The summed E-state index contributed by atoms with van der Waals surface area (Å²) in [5.74, 6) is -0.622. The van der Waals surface area contributed by atoms with E-state index in [1.807, 2.05) is 18.4 Å². The fourth-order valence-electron chi connectivity index (χ4n) is 4.51. The molecule has 1 fully saturated rings. The van der Waals surface area contributed by atoms with E-state index in [1.54, 1.807) is 11.8 Å². The maximum absolute atomic E-state index is 14.4. The zero-order valence-corrected chi connectivity index (χ0v) is 16.0. The van der Waals surface area contributed by atoms with Crippen LogP contribution in [0.5, 0.6) is 0 Å². The Morgan fingerprint density at radius 1 is 1.23 bits per heavy atom. The number of fused-ring (bicyclic) bond motifs is 3. The van der Waals surface area contributed by atoms with Gasteiger partial charge in [-0.15, -0.1) is 11.8 Å². The van der Waals surface area contributed by atoms with Crippen LogP contribution in [0.15, 0.2) is 35.2 Å². The average Bonchev–Trinajstić information content (AvgIpc) is 2.96. The van der Waals surface area contributed by atoms with Gasteiger partial charge in [-0.05, 0) is 61.0 Å². The van der Waals surface area contributed by atoms with Crippen LogP contribution in [0.25, 0.3) is 11.1 Å². The van der Waals surface area contributed by atoms with Gasteiger partial charge in [-0.1, -0.05) is 13.0 Å². The highest BCUT2D eigenvalue weighted by molar-refractivity contribution is 7.98. The molecule has 2 aliphatic heterocycles. The van der Waals surface area contributed by atoms with E-state index in [4.69, 9.17) is 0 Å². The highest BCUT2D eigenvalue weighted by Gasteiger charge is 2.41. The number of anilines is 1. The third kappa shape index (κ3) is 2.81. The molecule has 1 saturated heterocycles. The first-order valence-electron chi connectivity index (χ1n) is 9.29. The fraction of sp³-hybridized carbons (Fsp3) is 0.429. The number of benzene rings is 2. The van der Waals surface area contributed by atoms with Crippen molar-refractivity contribution in [3.05, 3.63) is 47.5 Å². The molecule has 138 valence electrons. The van der Waals surface area contributed by atoms with E-state index >= 15 is 0 Å². The van der Waals surface area contributed by atoms with Gasteiger partial charge in [0.05, 0.1) is 11.3 Å². The number of halogens is 2. The number of nitrogens with zero attached hydrogens (tertiary/aromatic N) is 1. The van der Waals surface area contributed by atoms with E-state index < -0.39 is 11.6 Å². The van der Waals surface area contributed by atoms with Crippen LogP contribution >= 0.6 is 11.8 Å². The quantitative estimate of drug-likeness (QED) is 0.756. The first-order valence-corrected chi connectivity index (χ1v) is 10.5. The topological polar surface area (TPSA) is 15.3 Å². The monoisotopic (exact) mass is 374 g/mol. The Kier molecular flexibility index (Phi) is 4.93. The molecule has 1 N–H and O–H groups in total. The first-order chi connectivity index (χ1) is 12.7. The van der Waals surface area contributed by atoms with Gasteiger partial charge in [0.2, 0.25) is 0 Å². The molecule has 2 atom stereocenters. The molecule has 0 unspecified atom stereocenters. The SMILES string of the molecule is CCCN1c2c(SC)cc(-c3c(F)cccc3F)cc2[C@@H]2CNCC[C@@H]21. The van der Waals surface area contributed by atoms with Gasteiger partial charge >= 0.3 is 0 Å². The third-order valence-electron chi connectivity index (χ3n) is 5.57. The minimum atomic E-state index is -0.501. The van der Waals surface area contributed by atoms with Crippen LogP contribution in [0.2, 0.25) is 0 Å². The molecule has 2 aromatic carbocycles. The summed E-state index contributed by atoms with van der Waals surface area (Å²) < 4.78 is 28.8. The Morgan fingerprint density at radius 2 is 2.00 bits per heavy atom. The smallest absolute Gasteiger partial charge is 0.133 e. The summed E-state index contributed by atoms with van der Waals surface area (Å²) >= 11 is 1.66. The lowest BCUT2D eigenvalue weighted by Crippen LogP contribution is -2.44. The zero-order chi connectivity index (χ0) is 18.3. The molecule has 0 radical (unpaired) electrons. The lowest BCUT2D eigenvalue weighted by molar-refractivity contribution is 0.402. The second-order valence-electron chi connectivity index (χ2n) is 7.07. The lowest BCUT2D eigenvalue weighted by Gasteiger charge is -2.34. The molecule has 4 rings (SSSR count). The first kappa shape index (κ1) is 17.8. The molecule has 2 aliphatic rings. The molecule has 26 heavy (non-hydrogen) atoms. The van der Waals surface area contributed by atoms with E-state index in [2.05, 4.69) is 17.1 Å². The number of thioether (sulfide) groups is 1. The van der Waals surface area contributed by atoms with Crippen molar-refractivity contribution in [2.75, 3.05) is 30.8 Å². The summed E-state index contributed by atoms with van der Waals surface area (Å²) in [7, 11) is 0. The van der Waals surface area contributed by atoms with Crippen LogP contribution in [-0.2, 0) is 0 Å². The van der Waals surface area contributed by atoms with Crippen LogP contribution < -0.4 is 10.2 Å². The van der Waals surface area contributed by atoms with Gasteiger partial charge in [-0.25, -0.2) is 8.78 Å². The Hall–Kier alpha value is -1.59. The molecular weight excluding hydrogens is 350 g/mol. The van der Waals surface area contributed by atoms with E-state index in [1.165, 1.54) is 29.4 Å². The van der Waals surface area contributed by atoms with Gasteiger partial charge in [-0.3, -0.25) is 0 Å². The maximum Gasteiger partial charge on any atom is 0.133 e. The van der Waals surface area contributed by atoms with Gasteiger partial charge in [0.15, 0.2) is 0 Å². The highest BCUT2D eigenvalue weighted by Crippen LogP contribution is 2.49. The van der Waals surface area contributed by atoms with E-state index in [-0.39, 0.29) is 5.56 Å². The van der Waals surface area contributed by atoms with E-state index in [0.29, 0.717) is 17.5 Å². The second-order valence-corrected chi connectivity index (χ2v) is 7.92. The Bertz CT molecular complexity index is 804. The van der Waals surface area contributed by atoms with Crippen molar-refractivity contribution in [2.45, 2.75) is 36.6 Å². The van der Waals surface area contributed by atoms with Gasteiger partial charge < -0.3 is 10.2 Å². The summed E-state index contributed by atoms with van der Waals surface area (Å²) in [5.41, 5.74) is 3.24. The van der Waals surface area contributed by atoms with Crippen LogP contribution in [0.3, 0.4) is 0 Å². The summed E-state index contributed by atoms with van der Waals surface area (Å²) in [4.78, 5) is 3.65. The molecule has 2 aromatic rings. The molecule has 5 heteroatoms. The Morgan fingerprint density at radius 3 is 2.69 bits per heavy atom. The van der Waals surface area contributed by atoms with Crippen LogP contribution in [0, 0.1) is 11.6 Å². The number of nitrogens with one attached hydrogen (secondary N) is 1. The van der Waals surface area contributed by atoms with Crippen molar-refractivity contribution in [1.82, 2.24) is 5.32 Å². The lowest BCUT2D eigenvalue weighted by atomic mass is 9.88. The van der Waals surface area contributed by atoms with E-state index in [0.717, 1.165) is 37.4 Å². The van der Waals surface area contributed by atoms with Crippen LogP contribution in [0.4, 0.5) is 14.5 Å². The van der Waals surface area contributed by atoms with E-state index in [9.17, 15) is 8.78 Å². The molecule has 0 aromatic heterocycles. The molecule has 0 amide bonds. The standard InChI is InChI=1S/C21H24F2N2S/c1-3-9-25-18-7-8-24-12-15(18)14-10-13(11-19(26-2)21(14)25)20-16(22)5-4-6-17(20)23/h4-6,10-11,15,18,24H,3,7-9,12H2,1-2H3/t15-,18-/m0/s1. The zero-order valence-electron chi connectivity index (χ0n) is 15.2. The molecular formula is C21H24F2N2S. The van der Waals surface area contributed by atoms with Crippen molar-refractivity contribution < 1.29 is 8.78 Å². The number of piperidine rings is 1. The number of hydrogen-bond donors (Lipinski definition) is 1. The minimum absolute atomic E-state index is 0.0832. The van der Waals surface area contributed by atoms with Crippen molar-refractivity contribution in [3.63, 3.8) is 0 Å². The number of hydrogen-bond acceptors (Lipinski definition) is 3. The van der Waals surface area contributed by atoms with Crippen molar-refractivity contribution in [2.24, 2.45) is 0 Å². The molecule has 0 spiro atoms. The van der Waals surface area contributed by atoms with Crippen LogP contribution in [0.1, 0.15) is 31.2 Å². The normalized spacial score (nSPS) is 21.6. The van der Waals surface area contributed by atoms with Crippen molar-refractivity contribution in [3.8, 4) is 11.1 Å². The van der Waals surface area contributed by atoms with Gasteiger partial charge in [0.1, 0.15) is 11.6 Å². The average molecular weight is 375 g/mol. The second kappa shape index (κ2) is 7.20. The summed E-state index contributed by atoms with van der Waals surface area (Å²) in [6.45, 7) is 5.18. The Balaban J connectivity index is 1.90. The fourth-order valence-corrected chi connectivity index (χ4v) is 5.19. The van der Waals surface area contributed by atoms with Gasteiger partial charge in [0.25, 0.3) is 0 Å². The molecule has 2 nitrogen and oxygen atoms in total. The molecule has 0 saturated carbocycles. The summed E-state index contributed by atoms with van der Waals surface area (Å²) in [6, 6.07) is 8.55.